The van der Waals surface area contributed by atoms with Crippen molar-refractivity contribution in [1.82, 2.24) is 25.1 Å². The van der Waals surface area contributed by atoms with Gasteiger partial charge in [-0.3, -0.25) is 0 Å². The van der Waals surface area contributed by atoms with Gasteiger partial charge in [0.2, 0.25) is 5.82 Å². The van der Waals surface area contributed by atoms with Gasteiger partial charge < -0.3 is 9.26 Å². The number of ether oxygens (including phenoxy) is 1. The lowest BCUT2D eigenvalue weighted by Gasteiger charge is -2.02. The topological polar surface area (TPSA) is 86.8 Å². The zero-order valence-corrected chi connectivity index (χ0v) is 13.4. The van der Waals surface area contributed by atoms with Crippen molar-refractivity contribution in [2.45, 2.75) is 0 Å². The number of aromatic nitrogens is 5. The van der Waals surface area contributed by atoms with Crippen LogP contribution in [0.3, 0.4) is 0 Å². The molecular weight excluding hydrogens is 326 g/mol. The molecule has 0 N–H and O–H groups in total. The Kier molecular flexibility index (Phi) is 3.72. The van der Waals surface area contributed by atoms with Crippen molar-refractivity contribution < 1.29 is 9.26 Å². The van der Waals surface area contributed by atoms with Crippen molar-refractivity contribution in [3.63, 3.8) is 0 Å². The van der Waals surface area contributed by atoms with Crippen LogP contribution in [0.1, 0.15) is 0 Å². The molecule has 4 rings (SSSR count). The van der Waals surface area contributed by atoms with E-state index in [0.29, 0.717) is 28.3 Å². The molecule has 0 amide bonds. The van der Waals surface area contributed by atoms with Gasteiger partial charge in [-0.1, -0.05) is 17.3 Å². The largest absolute Gasteiger partial charge is 0.496 e. The molecular formula is C16H11N5O2S. The van der Waals surface area contributed by atoms with Crippen LogP contribution in [0.15, 0.2) is 53.4 Å². The van der Waals surface area contributed by atoms with Gasteiger partial charge in [0.05, 0.1) is 18.9 Å². The van der Waals surface area contributed by atoms with E-state index in [9.17, 15) is 0 Å². The molecule has 7 nitrogen and oxygen atoms in total. The van der Waals surface area contributed by atoms with E-state index in [2.05, 4.69) is 25.1 Å². The summed E-state index contributed by atoms with van der Waals surface area (Å²) in [5, 5.41) is 4.73. The Hall–Kier alpha value is -3.13. The highest BCUT2D eigenvalue weighted by Gasteiger charge is 2.17. The van der Waals surface area contributed by atoms with Gasteiger partial charge in [0.1, 0.15) is 10.6 Å². The van der Waals surface area contributed by atoms with Gasteiger partial charge in [-0.2, -0.15) is 4.98 Å². The maximum atomic E-state index is 5.37. The van der Waals surface area contributed by atoms with Crippen LogP contribution in [0.5, 0.6) is 5.75 Å². The van der Waals surface area contributed by atoms with Crippen LogP contribution in [0.25, 0.3) is 33.0 Å². The maximum Gasteiger partial charge on any atom is 0.269 e. The molecule has 0 saturated heterocycles. The number of thiazole rings is 1. The number of hydrogen-bond acceptors (Lipinski definition) is 8. The standard InChI is InChI=1S/C16H11N5O2S/c1-22-11-6-3-2-5-10(11)13-20-15(23-21-13)12-9-19-16(24-12)14-17-7-4-8-18-14/h2-9H,1H3. The van der Waals surface area contributed by atoms with E-state index in [1.54, 1.807) is 31.8 Å². The lowest BCUT2D eigenvalue weighted by Crippen LogP contribution is -1.88. The number of rotatable bonds is 4. The molecule has 4 aromatic rings. The Labute approximate surface area is 141 Å². The average Bonchev–Trinajstić information content (AvgIpc) is 3.32. The SMILES string of the molecule is COc1ccccc1-c1noc(-c2cnc(-c3ncccn3)s2)n1. The summed E-state index contributed by atoms with van der Waals surface area (Å²) in [6, 6.07) is 9.27. The predicted octanol–water partition coefficient (Wildman–Crippen LogP) is 3.33. The van der Waals surface area contributed by atoms with Crippen LogP contribution < -0.4 is 4.74 Å². The minimum absolute atomic E-state index is 0.399. The van der Waals surface area contributed by atoms with Crippen LogP contribution in [-0.4, -0.2) is 32.2 Å². The summed E-state index contributed by atoms with van der Waals surface area (Å²) >= 11 is 1.39. The second kappa shape index (κ2) is 6.17. The lowest BCUT2D eigenvalue weighted by atomic mass is 10.2. The number of hydrogen-bond donors (Lipinski definition) is 0. The summed E-state index contributed by atoms with van der Waals surface area (Å²) in [5.74, 6) is 2.12. The average molecular weight is 337 g/mol. The highest BCUT2D eigenvalue weighted by molar-refractivity contribution is 7.18. The lowest BCUT2D eigenvalue weighted by molar-refractivity contribution is 0.413. The van der Waals surface area contributed by atoms with E-state index in [1.807, 2.05) is 24.3 Å². The second-order valence-corrected chi connectivity index (χ2v) is 5.76. The molecule has 0 saturated carbocycles. The van der Waals surface area contributed by atoms with E-state index in [1.165, 1.54) is 11.3 Å². The summed E-state index contributed by atoms with van der Waals surface area (Å²) in [5.41, 5.74) is 0.770. The first-order valence-corrected chi connectivity index (χ1v) is 7.87. The molecule has 0 atom stereocenters. The molecule has 0 aliphatic heterocycles. The minimum atomic E-state index is 0.399. The maximum absolute atomic E-state index is 5.37. The fourth-order valence-corrected chi connectivity index (χ4v) is 2.93. The number of para-hydroxylation sites is 1. The van der Waals surface area contributed by atoms with E-state index < -0.39 is 0 Å². The fourth-order valence-electron chi connectivity index (χ4n) is 2.15. The first-order chi connectivity index (χ1) is 11.8. The number of nitrogens with zero attached hydrogens (tertiary/aromatic N) is 5. The zero-order valence-electron chi connectivity index (χ0n) is 12.6. The van der Waals surface area contributed by atoms with Gasteiger partial charge in [-0.15, -0.1) is 11.3 Å². The van der Waals surface area contributed by atoms with Crippen LogP contribution in [0.2, 0.25) is 0 Å². The van der Waals surface area contributed by atoms with Gasteiger partial charge in [0.15, 0.2) is 10.8 Å². The molecule has 0 bridgehead atoms. The summed E-state index contributed by atoms with van der Waals surface area (Å²) in [6.07, 6.45) is 5.03. The zero-order chi connectivity index (χ0) is 16.4. The molecule has 0 unspecified atom stereocenters. The highest BCUT2D eigenvalue weighted by Crippen LogP contribution is 2.32. The highest BCUT2D eigenvalue weighted by atomic mass is 32.1. The predicted molar refractivity (Wildman–Crippen MR) is 88.4 cm³/mol. The Balaban J connectivity index is 1.67. The molecule has 0 aliphatic carbocycles. The molecule has 0 fully saturated rings. The number of benzene rings is 1. The van der Waals surface area contributed by atoms with E-state index >= 15 is 0 Å². The summed E-state index contributed by atoms with van der Waals surface area (Å²) < 4.78 is 10.7. The van der Waals surface area contributed by atoms with Crippen molar-refractivity contribution in [3.05, 3.63) is 48.9 Å². The third-order valence-corrected chi connectivity index (χ3v) is 4.23. The Morgan fingerprint density at radius 3 is 2.67 bits per heavy atom. The molecule has 0 aliphatic rings. The number of methoxy groups -OCH3 is 1. The molecule has 0 spiro atoms. The molecule has 8 heteroatoms. The smallest absolute Gasteiger partial charge is 0.269 e. The van der Waals surface area contributed by atoms with E-state index in [0.717, 1.165) is 10.4 Å². The molecule has 118 valence electrons. The van der Waals surface area contributed by atoms with Crippen LogP contribution in [-0.2, 0) is 0 Å². The fraction of sp³-hybridized carbons (Fsp3) is 0.0625. The quantitative estimate of drug-likeness (QED) is 0.564. The van der Waals surface area contributed by atoms with Gasteiger partial charge in [0, 0.05) is 12.4 Å². The van der Waals surface area contributed by atoms with Crippen LogP contribution in [0, 0.1) is 0 Å². The summed E-state index contributed by atoms with van der Waals surface area (Å²) in [7, 11) is 1.61. The molecule has 0 radical (unpaired) electrons. The Morgan fingerprint density at radius 1 is 1.00 bits per heavy atom. The van der Waals surface area contributed by atoms with Gasteiger partial charge in [-0.05, 0) is 18.2 Å². The van der Waals surface area contributed by atoms with Crippen molar-refractivity contribution in [3.8, 4) is 38.7 Å². The van der Waals surface area contributed by atoms with E-state index in [4.69, 9.17) is 9.26 Å². The van der Waals surface area contributed by atoms with Gasteiger partial charge in [0.25, 0.3) is 5.89 Å². The van der Waals surface area contributed by atoms with Gasteiger partial charge in [-0.25, -0.2) is 15.0 Å². The monoisotopic (exact) mass is 337 g/mol. The van der Waals surface area contributed by atoms with Crippen molar-refractivity contribution in [2.75, 3.05) is 7.11 Å². The third kappa shape index (κ3) is 2.63. The molecule has 3 heterocycles. The Bertz CT molecular complexity index is 967. The third-order valence-electron chi connectivity index (χ3n) is 3.25. The molecule has 3 aromatic heterocycles. The first-order valence-electron chi connectivity index (χ1n) is 7.06. The first kappa shape index (κ1) is 14.5. The van der Waals surface area contributed by atoms with E-state index in [-0.39, 0.29) is 0 Å². The van der Waals surface area contributed by atoms with Crippen LogP contribution in [0.4, 0.5) is 0 Å². The Morgan fingerprint density at radius 2 is 1.83 bits per heavy atom. The van der Waals surface area contributed by atoms with Gasteiger partial charge >= 0.3 is 0 Å². The molecule has 1 aromatic carbocycles. The minimum Gasteiger partial charge on any atom is -0.496 e. The van der Waals surface area contributed by atoms with Crippen molar-refractivity contribution in [1.29, 1.82) is 0 Å². The molecule has 24 heavy (non-hydrogen) atoms. The summed E-state index contributed by atoms with van der Waals surface area (Å²) in [6.45, 7) is 0. The van der Waals surface area contributed by atoms with Crippen molar-refractivity contribution >= 4 is 11.3 Å². The van der Waals surface area contributed by atoms with Crippen LogP contribution >= 0.6 is 11.3 Å². The second-order valence-electron chi connectivity index (χ2n) is 4.73. The van der Waals surface area contributed by atoms with Crippen molar-refractivity contribution in [2.24, 2.45) is 0 Å². The summed E-state index contributed by atoms with van der Waals surface area (Å²) in [4.78, 5) is 17.9. The normalized spacial score (nSPS) is 10.7.